The quantitative estimate of drug-likeness (QED) is 0.531. The van der Waals surface area contributed by atoms with Crippen molar-refractivity contribution < 1.29 is 18.7 Å². The number of hydrogen-bond donors (Lipinski definition) is 1. The molecule has 0 unspecified atom stereocenters. The summed E-state index contributed by atoms with van der Waals surface area (Å²) in [5.74, 6) is 0.618. The van der Waals surface area contributed by atoms with E-state index in [9.17, 15) is 9.18 Å². The largest absolute Gasteiger partial charge is 0.494 e. The normalized spacial score (nSPS) is 17.7. The van der Waals surface area contributed by atoms with E-state index in [1.54, 1.807) is 43.2 Å². The SMILES string of the molecule is CCCN1CCC2(CC1)CN(c1cc3c(Nc4cccc(C)c4F)ncnc3cc1OC)C(=O)O2. The van der Waals surface area contributed by atoms with Gasteiger partial charge in [-0.3, -0.25) is 4.90 Å². The lowest BCUT2D eigenvalue weighted by atomic mass is 9.91. The molecule has 8 nitrogen and oxygen atoms in total. The third-order valence-corrected chi connectivity index (χ3v) is 6.95. The van der Waals surface area contributed by atoms with E-state index in [2.05, 4.69) is 27.1 Å². The van der Waals surface area contributed by atoms with E-state index in [0.29, 0.717) is 46.0 Å². The molecule has 1 amide bonds. The predicted molar refractivity (Wildman–Crippen MR) is 133 cm³/mol. The molecule has 0 saturated carbocycles. The molecule has 5 rings (SSSR count). The van der Waals surface area contributed by atoms with Crippen molar-refractivity contribution in [3.8, 4) is 5.75 Å². The Morgan fingerprint density at radius 3 is 2.77 bits per heavy atom. The van der Waals surface area contributed by atoms with Gasteiger partial charge >= 0.3 is 6.09 Å². The first-order valence-corrected chi connectivity index (χ1v) is 12.0. The van der Waals surface area contributed by atoms with Crippen LogP contribution in [-0.2, 0) is 4.74 Å². The fraction of sp³-hybridized carbons (Fsp3) is 0.423. The number of benzene rings is 2. The maximum atomic E-state index is 14.7. The van der Waals surface area contributed by atoms with Gasteiger partial charge in [0.05, 0.1) is 30.5 Å². The molecule has 1 spiro atoms. The van der Waals surface area contributed by atoms with Crippen LogP contribution in [0.2, 0.25) is 0 Å². The molecule has 3 heterocycles. The average molecular weight is 480 g/mol. The smallest absolute Gasteiger partial charge is 0.415 e. The Morgan fingerprint density at radius 2 is 2.03 bits per heavy atom. The molecule has 2 saturated heterocycles. The second-order valence-electron chi connectivity index (χ2n) is 9.30. The van der Waals surface area contributed by atoms with E-state index in [4.69, 9.17) is 9.47 Å². The first-order valence-electron chi connectivity index (χ1n) is 12.0. The number of fused-ring (bicyclic) bond motifs is 1. The lowest BCUT2D eigenvalue weighted by Gasteiger charge is -2.37. The molecule has 9 heteroatoms. The Bertz CT molecular complexity index is 1260. The van der Waals surface area contributed by atoms with Crippen LogP contribution >= 0.6 is 0 Å². The van der Waals surface area contributed by atoms with Gasteiger partial charge in [-0.15, -0.1) is 0 Å². The summed E-state index contributed by atoms with van der Waals surface area (Å²) in [5.41, 5.74) is 1.55. The van der Waals surface area contributed by atoms with Crippen LogP contribution in [0.1, 0.15) is 31.7 Å². The number of halogens is 1. The van der Waals surface area contributed by atoms with Gasteiger partial charge in [-0.1, -0.05) is 19.1 Å². The number of nitrogens with one attached hydrogen (secondary N) is 1. The van der Waals surface area contributed by atoms with Gasteiger partial charge < -0.3 is 19.7 Å². The Kier molecular flexibility index (Phi) is 6.19. The molecule has 1 aromatic heterocycles. The van der Waals surface area contributed by atoms with Gasteiger partial charge in [0, 0.05) is 37.4 Å². The number of nitrogens with zero attached hydrogens (tertiary/aromatic N) is 4. The molecule has 0 bridgehead atoms. The van der Waals surface area contributed by atoms with Gasteiger partial charge in [-0.2, -0.15) is 0 Å². The minimum atomic E-state index is -0.500. The van der Waals surface area contributed by atoms with Crippen LogP contribution < -0.4 is 15.0 Å². The molecular weight excluding hydrogens is 449 g/mol. The van der Waals surface area contributed by atoms with Crippen molar-refractivity contribution in [2.24, 2.45) is 0 Å². The summed E-state index contributed by atoms with van der Waals surface area (Å²) in [4.78, 5) is 25.8. The standard InChI is InChI=1S/C26H30FN5O3/c1-4-10-31-11-8-26(9-12-31)15-32(25(33)35-26)21-13-18-20(14-22(21)34-3)28-16-29-24(18)30-19-7-5-6-17(2)23(19)27/h5-7,13-14,16H,4,8-12,15H2,1-3H3,(H,28,29,30). The zero-order valence-corrected chi connectivity index (χ0v) is 20.3. The molecule has 0 atom stereocenters. The number of carbonyl (C=O) groups excluding carboxylic acids is 1. The third-order valence-electron chi connectivity index (χ3n) is 6.95. The van der Waals surface area contributed by atoms with Gasteiger partial charge in [-0.25, -0.2) is 19.2 Å². The number of anilines is 3. The zero-order valence-electron chi connectivity index (χ0n) is 20.3. The number of amides is 1. The van der Waals surface area contributed by atoms with Crippen LogP contribution in [0.4, 0.5) is 26.4 Å². The van der Waals surface area contributed by atoms with Crippen LogP contribution in [0, 0.1) is 12.7 Å². The fourth-order valence-electron chi connectivity index (χ4n) is 4.99. The van der Waals surface area contributed by atoms with Gasteiger partial charge in [0.2, 0.25) is 0 Å². The maximum absolute atomic E-state index is 14.7. The van der Waals surface area contributed by atoms with Crippen molar-refractivity contribution in [2.45, 2.75) is 38.7 Å². The highest BCUT2D eigenvalue weighted by Crippen LogP contribution is 2.41. The molecule has 3 aromatic rings. The lowest BCUT2D eigenvalue weighted by Crippen LogP contribution is -2.47. The Hall–Kier alpha value is -3.46. The highest BCUT2D eigenvalue weighted by Gasteiger charge is 2.48. The summed E-state index contributed by atoms with van der Waals surface area (Å²) >= 11 is 0. The van der Waals surface area contributed by atoms with Gasteiger partial charge in [0.1, 0.15) is 29.3 Å². The molecular formula is C26H30FN5O3. The first-order chi connectivity index (χ1) is 16.9. The monoisotopic (exact) mass is 479 g/mol. The molecule has 1 N–H and O–H groups in total. The maximum Gasteiger partial charge on any atom is 0.415 e. The van der Waals surface area contributed by atoms with Crippen LogP contribution in [-0.4, -0.2) is 59.9 Å². The van der Waals surface area contributed by atoms with Crippen molar-refractivity contribution in [3.05, 3.63) is 48.0 Å². The zero-order chi connectivity index (χ0) is 24.6. The minimum Gasteiger partial charge on any atom is -0.494 e. The highest BCUT2D eigenvalue weighted by molar-refractivity contribution is 6.00. The summed E-state index contributed by atoms with van der Waals surface area (Å²) in [6.45, 7) is 7.22. The summed E-state index contributed by atoms with van der Waals surface area (Å²) in [6, 6.07) is 8.74. The van der Waals surface area contributed by atoms with Crippen LogP contribution in [0.15, 0.2) is 36.7 Å². The van der Waals surface area contributed by atoms with Crippen LogP contribution in [0.25, 0.3) is 10.9 Å². The molecule has 2 aliphatic heterocycles. The molecule has 184 valence electrons. The lowest BCUT2D eigenvalue weighted by molar-refractivity contribution is 0.00104. The molecule has 2 aromatic carbocycles. The van der Waals surface area contributed by atoms with Crippen molar-refractivity contribution in [1.29, 1.82) is 0 Å². The number of piperidine rings is 1. The third kappa shape index (κ3) is 4.36. The van der Waals surface area contributed by atoms with E-state index in [1.165, 1.54) is 6.33 Å². The van der Waals surface area contributed by atoms with Crippen molar-refractivity contribution in [1.82, 2.24) is 14.9 Å². The number of hydrogen-bond acceptors (Lipinski definition) is 7. The predicted octanol–water partition coefficient (Wildman–Crippen LogP) is 5.03. The minimum absolute atomic E-state index is 0.320. The molecule has 0 aliphatic carbocycles. The number of methoxy groups -OCH3 is 1. The number of rotatable bonds is 6. The van der Waals surface area contributed by atoms with E-state index in [0.717, 1.165) is 38.9 Å². The summed E-state index contributed by atoms with van der Waals surface area (Å²) < 4.78 is 26.3. The number of carbonyl (C=O) groups is 1. The first kappa shape index (κ1) is 23.3. The Morgan fingerprint density at radius 1 is 1.23 bits per heavy atom. The molecule has 0 radical (unpaired) electrons. The summed E-state index contributed by atoms with van der Waals surface area (Å²) in [6.07, 6.45) is 3.74. The summed E-state index contributed by atoms with van der Waals surface area (Å²) in [5, 5.41) is 3.74. The summed E-state index contributed by atoms with van der Waals surface area (Å²) in [7, 11) is 1.56. The topological polar surface area (TPSA) is 79.8 Å². The van der Waals surface area contributed by atoms with Crippen LogP contribution in [0.5, 0.6) is 5.75 Å². The van der Waals surface area contributed by atoms with E-state index < -0.39 is 5.60 Å². The second-order valence-corrected chi connectivity index (χ2v) is 9.30. The average Bonchev–Trinajstić information content (AvgIpc) is 3.18. The Labute approximate surface area is 204 Å². The molecule has 2 fully saturated rings. The number of ether oxygens (including phenoxy) is 2. The van der Waals surface area contributed by atoms with E-state index >= 15 is 0 Å². The Balaban J connectivity index is 1.49. The fourth-order valence-corrected chi connectivity index (χ4v) is 4.99. The number of aromatic nitrogens is 2. The van der Waals surface area contributed by atoms with Gasteiger partial charge in [-0.05, 0) is 37.6 Å². The second kappa shape index (κ2) is 9.30. The van der Waals surface area contributed by atoms with E-state index in [1.807, 2.05) is 6.07 Å². The van der Waals surface area contributed by atoms with Crippen LogP contribution in [0.3, 0.4) is 0 Å². The van der Waals surface area contributed by atoms with E-state index in [-0.39, 0.29) is 11.9 Å². The van der Waals surface area contributed by atoms with Crippen molar-refractivity contribution >= 4 is 34.2 Å². The molecule has 2 aliphatic rings. The van der Waals surface area contributed by atoms with Gasteiger partial charge in [0.25, 0.3) is 0 Å². The highest BCUT2D eigenvalue weighted by atomic mass is 19.1. The number of likely N-dealkylation sites (tertiary alicyclic amines) is 1. The van der Waals surface area contributed by atoms with Crippen molar-refractivity contribution in [2.75, 3.05) is 43.5 Å². The molecule has 35 heavy (non-hydrogen) atoms. The number of aryl methyl sites for hydroxylation is 1. The van der Waals surface area contributed by atoms with Gasteiger partial charge in [0.15, 0.2) is 0 Å². The van der Waals surface area contributed by atoms with Crippen molar-refractivity contribution in [3.63, 3.8) is 0 Å².